The number of nitrogens with zero attached hydrogens (tertiary/aromatic N) is 1. The molecule has 19 heavy (non-hydrogen) atoms. The number of amides is 1. The maximum absolute atomic E-state index is 13.8. The molecule has 1 N–H and O–H groups in total. The third-order valence-electron chi connectivity index (χ3n) is 3.02. The topological polar surface area (TPSA) is 66.8 Å². The van der Waals surface area contributed by atoms with Crippen molar-refractivity contribution in [3.05, 3.63) is 35.9 Å². The first-order valence-corrected chi connectivity index (χ1v) is 5.96. The van der Waals surface area contributed by atoms with Gasteiger partial charge in [-0.05, 0) is 12.1 Å². The number of carboxylic acid groups (broad SMARTS) is 1. The number of halogens is 1. The standard InChI is InChI=1S/C13H14FNO4/c14-10-8-15(13(17)18)7-6-11(10)19-12(16)9-4-2-1-3-5-9/h1-5,10-11H,6-8H2,(H,17,18). The van der Waals surface area contributed by atoms with Crippen LogP contribution in [0.2, 0.25) is 0 Å². The average molecular weight is 267 g/mol. The summed E-state index contributed by atoms with van der Waals surface area (Å²) in [6.45, 7) is -0.0927. The maximum atomic E-state index is 13.8. The highest BCUT2D eigenvalue weighted by molar-refractivity contribution is 5.89. The SMILES string of the molecule is O=C(OC1CCN(C(=O)O)CC1F)c1ccccc1. The molecule has 0 bridgehead atoms. The Morgan fingerprint density at radius 2 is 2.00 bits per heavy atom. The number of likely N-dealkylation sites (tertiary alicyclic amines) is 1. The lowest BCUT2D eigenvalue weighted by Gasteiger charge is -2.32. The summed E-state index contributed by atoms with van der Waals surface area (Å²) >= 11 is 0. The maximum Gasteiger partial charge on any atom is 0.407 e. The zero-order chi connectivity index (χ0) is 13.8. The van der Waals surface area contributed by atoms with Gasteiger partial charge >= 0.3 is 12.1 Å². The summed E-state index contributed by atoms with van der Waals surface area (Å²) in [7, 11) is 0. The van der Waals surface area contributed by atoms with E-state index in [1.807, 2.05) is 0 Å². The Kier molecular flexibility index (Phi) is 3.99. The molecule has 2 unspecified atom stereocenters. The molecule has 0 spiro atoms. The van der Waals surface area contributed by atoms with E-state index in [0.717, 1.165) is 4.90 Å². The quantitative estimate of drug-likeness (QED) is 0.831. The van der Waals surface area contributed by atoms with Crippen LogP contribution in [0.5, 0.6) is 0 Å². The zero-order valence-electron chi connectivity index (χ0n) is 10.2. The summed E-state index contributed by atoms with van der Waals surface area (Å²) in [6, 6.07) is 8.32. The second-order valence-corrected chi connectivity index (χ2v) is 4.34. The molecule has 0 saturated carbocycles. The van der Waals surface area contributed by atoms with Crippen molar-refractivity contribution in [3.8, 4) is 0 Å². The Morgan fingerprint density at radius 3 is 2.58 bits per heavy atom. The van der Waals surface area contributed by atoms with Crippen LogP contribution in [0.1, 0.15) is 16.8 Å². The molecule has 5 nitrogen and oxygen atoms in total. The highest BCUT2D eigenvalue weighted by Crippen LogP contribution is 2.19. The normalized spacial score (nSPS) is 22.9. The van der Waals surface area contributed by atoms with Crippen molar-refractivity contribution < 1.29 is 23.8 Å². The number of hydrogen-bond acceptors (Lipinski definition) is 3. The highest BCUT2D eigenvalue weighted by atomic mass is 19.1. The fourth-order valence-corrected chi connectivity index (χ4v) is 1.97. The number of hydrogen-bond donors (Lipinski definition) is 1. The van der Waals surface area contributed by atoms with E-state index in [1.54, 1.807) is 30.3 Å². The second-order valence-electron chi connectivity index (χ2n) is 4.34. The fraction of sp³-hybridized carbons (Fsp3) is 0.385. The molecule has 1 heterocycles. The van der Waals surface area contributed by atoms with E-state index >= 15 is 0 Å². The molecular formula is C13H14FNO4. The summed E-state index contributed by atoms with van der Waals surface area (Å²) in [5, 5.41) is 8.75. The molecule has 1 aliphatic rings. The monoisotopic (exact) mass is 267 g/mol. The molecule has 1 fully saturated rings. The summed E-state index contributed by atoms with van der Waals surface area (Å²) in [6.07, 6.45) is -3.36. The van der Waals surface area contributed by atoms with Crippen molar-refractivity contribution >= 4 is 12.1 Å². The van der Waals surface area contributed by atoms with Crippen LogP contribution in [0.3, 0.4) is 0 Å². The Morgan fingerprint density at radius 1 is 1.32 bits per heavy atom. The molecule has 2 rings (SSSR count). The number of carbonyl (C=O) groups is 2. The number of alkyl halides is 1. The van der Waals surface area contributed by atoms with E-state index in [2.05, 4.69) is 0 Å². The molecule has 0 radical (unpaired) electrons. The van der Waals surface area contributed by atoms with E-state index in [-0.39, 0.29) is 19.5 Å². The van der Waals surface area contributed by atoms with Gasteiger partial charge in [0.2, 0.25) is 0 Å². The van der Waals surface area contributed by atoms with Gasteiger partial charge in [0.05, 0.1) is 12.1 Å². The van der Waals surface area contributed by atoms with Crippen molar-refractivity contribution in [1.29, 1.82) is 0 Å². The molecule has 0 aromatic heterocycles. The second kappa shape index (κ2) is 5.69. The molecule has 1 aromatic rings. The summed E-state index contributed by atoms with van der Waals surface area (Å²) in [4.78, 5) is 23.4. The van der Waals surface area contributed by atoms with Gasteiger partial charge in [0.1, 0.15) is 6.10 Å². The van der Waals surface area contributed by atoms with Crippen molar-refractivity contribution in [2.24, 2.45) is 0 Å². The lowest BCUT2D eigenvalue weighted by Crippen LogP contribution is -2.48. The third kappa shape index (κ3) is 3.21. The number of esters is 1. The minimum absolute atomic E-state index is 0.169. The minimum atomic E-state index is -1.49. The first kappa shape index (κ1) is 13.3. The van der Waals surface area contributed by atoms with Gasteiger partial charge in [-0.3, -0.25) is 0 Å². The van der Waals surface area contributed by atoms with Gasteiger partial charge in [0.25, 0.3) is 0 Å². The van der Waals surface area contributed by atoms with Crippen molar-refractivity contribution in [2.75, 3.05) is 13.1 Å². The Balaban J connectivity index is 1.94. The molecule has 1 aromatic carbocycles. The largest absolute Gasteiger partial charge is 0.465 e. The lowest BCUT2D eigenvalue weighted by atomic mass is 10.1. The molecule has 6 heteroatoms. The van der Waals surface area contributed by atoms with Gasteiger partial charge in [-0.2, -0.15) is 0 Å². The number of ether oxygens (including phenoxy) is 1. The number of piperidine rings is 1. The molecule has 1 amide bonds. The van der Waals surface area contributed by atoms with E-state index < -0.39 is 24.3 Å². The average Bonchev–Trinajstić information content (AvgIpc) is 2.41. The van der Waals surface area contributed by atoms with Crippen molar-refractivity contribution in [3.63, 3.8) is 0 Å². The van der Waals surface area contributed by atoms with Crippen LogP contribution in [0.25, 0.3) is 0 Å². The zero-order valence-corrected chi connectivity index (χ0v) is 10.2. The summed E-state index contributed by atoms with van der Waals surface area (Å²) < 4.78 is 18.8. The van der Waals surface area contributed by atoms with Crippen LogP contribution in [0, 0.1) is 0 Å². The van der Waals surface area contributed by atoms with Gasteiger partial charge in [-0.15, -0.1) is 0 Å². The molecule has 1 aliphatic heterocycles. The number of carbonyl (C=O) groups excluding carboxylic acids is 1. The number of benzene rings is 1. The van der Waals surface area contributed by atoms with Gasteiger partial charge in [-0.25, -0.2) is 14.0 Å². The highest BCUT2D eigenvalue weighted by Gasteiger charge is 2.34. The van der Waals surface area contributed by atoms with Crippen LogP contribution < -0.4 is 0 Å². The predicted molar refractivity (Wildman–Crippen MR) is 64.8 cm³/mol. The first-order valence-electron chi connectivity index (χ1n) is 5.96. The Labute approximate surface area is 109 Å². The van der Waals surface area contributed by atoms with Crippen molar-refractivity contribution in [1.82, 2.24) is 4.90 Å². The Bertz CT molecular complexity index is 465. The molecule has 1 saturated heterocycles. The molecule has 102 valence electrons. The summed E-state index contributed by atoms with van der Waals surface area (Å²) in [5.41, 5.74) is 0.357. The van der Waals surface area contributed by atoms with Crippen LogP contribution in [-0.2, 0) is 4.74 Å². The number of rotatable bonds is 2. The Hall–Kier alpha value is -2.11. The van der Waals surface area contributed by atoms with Gasteiger partial charge in [0, 0.05) is 13.0 Å². The van der Waals surface area contributed by atoms with E-state index in [0.29, 0.717) is 5.56 Å². The van der Waals surface area contributed by atoms with E-state index in [4.69, 9.17) is 9.84 Å². The van der Waals surface area contributed by atoms with Crippen LogP contribution >= 0.6 is 0 Å². The minimum Gasteiger partial charge on any atom is -0.465 e. The van der Waals surface area contributed by atoms with Gasteiger partial charge in [-0.1, -0.05) is 18.2 Å². The van der Waals surface area contributed by atoms with Crippen molar-refractivity contribution in [2.45, 2.75) is 18.7 Å². The van der Waals surface area contributed by atoms with Gasteiger partial charge < -0.3 is 14.7 Å². The third-order valence-corrected chi connectivity index (χ3v) is 3.02. The molecule has 2 atom stereocenters. The summed E-state index contributed by atoms with van der Waals surface area (Å²) in [5.74, 6) is -0.586. The van der Waals surface area contributed by atoms with Crippen LogP contribution in [0.15, 0.2) is 30.3 Å². The first-order chi connectivity index (χ1) is 9.08. The predicted octanol–water partition coefficient (Wildman–Crippen LogP) is 1.93. The van der Waals surface area contributed by atoms with E-state index in [9.17, 15) is 14.0 Å². The molecular weight excluding hydrogens is 253 g/mol. The van der Waals surface area contributed by atoms with Gasteiger partial charge in [0.15, 0.2) is 6.17 Å². The van der Waals surface area contributed by atoms with E-state index in [1.165, 1.54) is 0 Å². The van der Waals surface area contributed by atoms with Crippen LogP contribution in [0.4, 0.5) is 9.18 Å². The fourth-order valence-electron chi connectivity index (χ4n) is 1.97. The lowest BCUT2D eigenvalue weighted by molar-refractivity contribution is -0.0219. The van der Waals surface area contributed by atoms with Crippen LogP contribution in [-0.4, -0.2) is 47.4 Å². The smallest absolute Gasteiger partial charge is 0.407 e. The molecule has 0 aliphatic carbocycles.